The quantitative estimate of drug-likeness (QED) is 0.305. The van der Waals surface area contributed by atoms with Gasteiger partial charge in [0.25, 0.3) is 0 Å². The zero-order chi connectivity index (χ0) is 12.9. The molecule has 1 aliphatic carbocycles. The number of nitrogens with zero attached hydrogens (tertiary/aromatic N) is 2. The zero-order valence-corrected chi connectivity index (χ0v) is 11.0. The molecule has 0 atom stereocenters. The Kier molecular flexibility index (Phi) is 5.20. The molecule has 1 aliphatic rings. The van der Waals surface area contributed by atoms with Gasteiger partial charge < -0.3 is 10.9 Å². The minimum Gasteiger partial charge on any atom is -0.409 e. The van der Waals surface area contributed by atoms with E-state index in [2.05, 4.69) is 5.16 Å². The van der Waals surface area contributed by atoms with Crippen molar-refractivity contribution in [3.63, 3.8) is 0 Å². The Bertz CT molecular complexity index is 361. The first kappa shape index (κ1) is 14.2. The van der Waals surface area contributed by atoms with E-state index in [1.54, 1.807) is 0 Å². The van der Waals surface area contributed by atoms with Crippen LogP contribution in [0.1, 0.15) is 25.7 Å². The minimum absolute atomic E-state index is 0.113. The highest BCUT2D eigenvalue weighted by Crippen LogP contribution is 2.23. The molecular weight excluding hydrogens is 242 g/mol. The van der Waals surface area contributed by atoms with Gasteiger partial charge in [-0.1, -0.05) is 18.0 Å². The molecule has 0 aromatic rings. The Morgan fingerprint density at radius 1 is 1.47 bits per heavy atom. The van der Waals surface area contributed by atoms with Crippen LogP contribution in [0.3, 0.4) is 0 Å². The van der Waals surface area contributed by atoms with Crippen LogP contribution in [0.5, 0.6) is 0 Å². The van der Waals surface area contributed by atoms with Gasteiger partial charge in [-0.05, 0) is 12.8 Å². The maximum atomic E-state index is 11.2. The van der Waals surface area contributed by atoms with E-state index in [1.807, 2.05) is 4.90 Å². The Morgan fingerprint density at radius 2 is 2.06 bits per heavy atom. The van der Waals surface area contributed by atoms with Crippen LogP contribution in [0.25, 0.3) is 0 Å². The summed E-state index contributed by atoms with van der Waals surface area (Å²) in [6.07, 6.45) is 5.67. The van der Waals surface area contributed by atoms with Gasteiger partial charge in [0.15, 0.2) is 5.84 Å². The van der Waals surface area contributed by atoms with E-state index in [4.69, 9.17) is 10.9 Å². The summed E-state index contributed by atoms with van der Waals surface area (Å²) >= 11 is 0. The van der Waals surface area contributed by atoms with Gasteiger partial charge in [-0.25, -0.2) is 8.42 Å². The van der Waals surface area contributed by atoms with Gasteiger partial charge in [-0.3, -0.25) is 4.90 Å². The molecule has 7 heteroatoms. The van der Waals surface area contributed by atoms with E-state index < -0.39 is 9.84 Å². The van der Waals surface area contributed by atoms with Gasteiger partial charge in [0.1, 0.15) is 9.84 Å². The van der Waals surface area contributed by atoms with Gasteiger partial charge in [0, 0.05) is 18.8 Å². The van der Waals surface area contributed by atoms with Crippen LogP contribution < -0.4 is 5.73 Å². The summed E-state index contributed by atoms with van der Waals surface area (Å²) in [6, 6.07) is 0.358. The van der Waals surface area contributed by atoms with E-state index in [9.17, 15) is 8.42 Å². The molecule has 0 unspecified atom stereocenters. The Labute approximate surface area is 102 Å². The standard InChI is InChI=1S/C10H21N3O3S/c1-17(15,16)7-6-13(8-10(11)12-14)9-4-2-3-5-9/h9,14H,2-8H2,1H3,(H2,11,12). The second-order valence-corrected chi connectivity index (χ2v) is 6.89. The van der Waals surface area contributed by atoms with Crippen molar-refractivity contribution in [1.82, 2.24) is 4.90 Å². The number of oxime groups is 1. The third kappa shape index (κ3) is 5.36. The molecule has 0 aliphatic heterocycles. The second kappa shape index (κ2) is 6.20. The van der Waals surface area contributed by atoms with E-state index in [-0.39, 0.29) is 11.6 Å². The summed E-state index contributed by atoms with van der Waals surface area (Å²) in [7, 11) is -2.98. The molecule has 0 saturated heterocycles. The number of rotatable bonds is 6. The van der Waals surface area contributed by atoms with Crippen LogP contribution in [-0.4, -0.2) is 55.5 Å². The lowest BCUT2D eigenvalue weighted by Crippen LogP contribution is -2.42. The van der Waals surface area contributed by atoms with Crippen LogP contribution >= 0.6 is 0 Å². The van der Waals surface area contributed by atoms with Crippen LogP contribution in [0, 0.1) is 0 Å². The van der Waals surface area contributed by atoms with Crippen molar-refractivity contribution in [3.8, 4) is 0 Å². The second-order valence-electron chi connectivity index (χ2n) is 4.63. The number of hydrogen-bond acceptors (Lipinski definition) is 5. The summed E-state index contributed by atoms with van der Waals surface area (Å²) in [5.74, 6) is 0.243. The van der Waals surface area contributed by atoms with Crippen molar-refractivity contribution < 1.29 is 13.6 Å². The highest BCUT2D eigenvalue weighted by atomic mass is 32.2. The Balaban J connectivity index is 2.58. The lowest BCUT2D eigenvalue weighted by molar-refractivity contribution is 0.234. The average Bonchev–Trinajstić information content (AvgIpc) is 2.75. The zero-order valence-electron chi connectivity index (χ0n) is 10.2. The molecule has 6 nitrogen and oxygen atoms in total. The number of hydrogen-bond donors (Lipinski definition) is 2. The molecule has 3 N–H and O–H groups in total. The number of amidine groups is 1. The van der Waals surface area contributed by atoms with Crippen molar-refractivity contribution in [2.75, 3.05) is 25.1 Å². The summed E-state index contributed by atoms with van der Waals surface area (Å²) in [4.78, 5) is 2.00. The Hall–Kier alpha value is -0.820. The largest absolute Gasteiger partial charge is 0.409 e. The molecule has 100 valence electrons. The first-order valence-electron chi connectivity index (χ1n) is 5.80. The molecule has 0 amide bonds. The van der Waals surface area contributed by atoms with Gasteiger partial charge >= 0.3 is 0 Å². The smallest absolute Gasteiger partial charge is 0.153 e. The van der Waals surface area contributed by atoms with Crippen molar-refractivity contribution in [1.29, 1.82) is 0 Å². The maximum Gasteiger partial charge on any atom is 0.153 e. The molecule has 1 fully saturated rings. The van der Waals surface area contributed by atoms with Crippen molar-refractivity contribution in [3.05, 3.63) is 0 Å². The minimum atomic E-state index is -2.98. The van der Waals surface area contributed by atoms with E-state index in [0.29, 0.717) is 19.1 Å². The third-order valence-electron chi connectivity index (χ3n) is 3.08. The lowest BCUT2D eigenvalue weighted by atomic mass is 10.2. The van der Waals surface area contributed by atoms with Gasteiger partial charge in [0.05, 0.1) is 12.3 Å². The molecule has 17 heavy (non-hydrogen) atoms. The predicted molar refractivity (Wildman–Crippen MR) is 66.9 cm³/mol. The van der Waals surface area contributed by atoms with Crippen molar-refractivity contribution in [2.45, 2.75) is 31.7 Å². The number of sulfone groups is 1. The molecular formula is C10H21N3O3S. The highest BCUT2D eigenvalue weighted by Gasteiger charge is 2.24. The molecule has 0 radical (unpaired) electrons. The van der Waals surface area contributed by atoms with Gasteiger partial charge in [-0.15, -0.1) is 0 Å². The van der Waals surface area contributed by atoms with Crippen LogP contribution in [0.4, 0.5) is 0 Å². The lowest BCUT2D eigenvalue weighted by Gasteiger charge is -2.27. The fourth-order valence-corrected chi connectivity index (χ4v) is 2.75. The predicted octanol–water partition coefficient (Wildman–Crippen LogP) is 0.0220. The topological polar surface area (TPSA) is 96.0 Å². The van der Waals surface area contributed by atoms with Crippen LogP contribution in [-0.2, 0) is 9.84 Å². The normalized spacial score (nSPS) is 19.1. The fourth-order valence-electron chi connectivity index (χ4n) is 2.18. The van der Waals surface area contributed by atoms with Gasteiger partial charge in [-0.2, -0.15) is 0 Å². The Morgan fingerprint density at radius 3 is 2.53 bits per heavy atom. The van der Waals surface area contributed by atoms with Crippen molar-refractivity contribution in [2.24, 2.45) is 10.9 Å². The first-order valence-corrected chi connectivity index (χ1v) is 7.86. The summed E-state index contributed by atoms with van der Waals surface area (Å²) in [6.45, 7) is 0.774. The van der Waals surface area contributed by atoms with E-state index in [1.165, 1.54) is 6.26 Å². The monoisotopic (exact) mass is 263 g/mol. The highest BCUT2D eigenvalue weighted by molar-refractivity contribution is 7.90. The van der Waals surface area contributed by atoms with Crippen LogP contribution in [0.2, 0.25) is 0 Å². The molecule has 0 bridgehead atoms. The first-order chi connectivity index (χ1) is 7.92. The molecule has 1 saturated carbocycles. The molecule has 1 rings (SSSR count). The summed E-state index contributed by atoms with van der Waals surface area (Å²) < 4.78 is 22.3. The SMILES string of the molecule is CS(=O)(=O)CCN(CC(N)=NO)C1CCCC1. The number of nitrogens with two attached hydrogens (primary N) is 1. The fraction of sp³-hybridized carbons (Fsp3) is 0.900. The van der Waals surface area contributed by atoms with Crippen LogP contribution in [0.15, 0.2) is 5.16 Å². The van der Waals surface area contributed by atoms with E-state index in [0.717, 1.165) is 25.7 Å². The third-order valence-corrected chi connectivity index (χ3v) is 4.01. The molecule has 0 aromatic heterocycles. The van der Waals surface area contributed by atoms with E-state index >= 15 is 0 Å². The summed E-state index contributed by atoms with van der Waals surface area (Å²) in [5.41, 5.74) is 5.49. The van der Waals surface area contributed by atoms with Gasteiger partial charge in [0.2, 0.25) is 0 Å². The van der Waals surface area contributed by atoms with Crippen molar-refractivity contribution >= 4 is 15.7 Å². The molecule has 0 spiro atoms. The summed E-state index contributed by atoms with van der Waals surface area (Å²) in [5, 5.41) is 11.5. The average molecular weight is 263 g/mol. The molecule has 0 aromatic carbocycles. The maximum absolute atomic E-state index is 11.2. The molecule has 0 heterocycles.